The van der Waals surface area contributed by atoms with Crippen LogP contribution in [0.3, 0.4) is 0 Å². The molecule has 0 heterocycles. The second-order valence-electron chi connectivity index (χ2n) is 4.90. The quantitative estimate of drug-likeness (QED) is 0.744. The number of carbonyl (C=O) groups is 2. The number of nitrogens with one attached hydrogen (secondary N) is 3. The van der Waals surface area contributed by atoms with Crippen molar-refractivity contribution in [2.45, 2.75) is 6.92 Å². The third kappa shape index (κ3) is 5.06. The Morgan fingerprint density at radius 3 is 1.96 bits per heavy atom. The van der Waals surface area contributed by atoms with E-state index in [0.29, 0.717) is 22.7 Å². The van der Waals surface area contributed by atoms with E-state index in [1.54, 1.807) is 55.6 Å². The first-order chi connectivity index (χ1) is 11.5. The topological polar surface area (TPSA) is 79.5 Å². The Kier molecular flexibility index (Phi) is 5.86. The molecule has 0 aliphatic carbocycles. The SMILES string of the molecule is COc1ccc(C(=O)Nc2ccc(NC(=S)NC(C)=O)cc2)cc1. The molecule has 124 valence electrons. The van der Waals surface area contributed by atoms with Gasteiger partial charge in [-0.1, -0.05) is 0 Å². The molecule has 3 N–H and O–H groups in total. The lowest BCUT2D eigenvalue weighted by molar-refractivity contribution is -0.117. The molecule has 0 aliphatic rings. The monoisotopic (exact) mass is 343 g/mol. The number of hydrogen-bond donors (Lipinski definition) is 3. The van der Waals surface area contributed by atoms with Gasteiger partial charge in [0, 0.05) is 23.9 Å². The highest BCUT2D eigenvalue weighted by Crippen LogP contribution is 2.16. The fourth-order valence-electron chi connectivity index (χ4n) is 1.90. The molecule has 0 spiro atoms. The van der Waals surface area contributed by atoms with E-state index in [9.17, 15) is 9.59 Å². The van der Waals surface area contributed by atoms with E-state index in [-0.39, 0.29) is 16.9 Å². The maximum absolute atomic E-state index is 12.2. The molecular weight excluding hydrogens is 326 g/mol. The fourth-order valence-corrected chi connectivity index (χ4v) is 2.17. The minimum Gasteiger partial charge on any atom is -0.497 e. The van der Waals surface area contributed by atoms with Gasteiger partial charge < -0.3 is 20.7 Å². The Morgan fingerprint density at radius 1 is 0.917 bits per heavy atom. The molecule has 0 unspecified atom stereocenters. The van der Waals surface area contributed by atoms with Crippen molar-refractivity contribution < 1.29 is 14.3 Å². The van der Waals surface area contributed by atoms with E-state index in [1.165, 1.54) is 6.92 Å². The van der Waals surface area contributed by atoms with E-state index < -0.39 is 0 Å². The van der Waals surface area contributed by atoms with E-state index in [4.69, 9.17) is 17.0 Å². The van der Waals surface area contributed by atoms with Gasteiger partial charge in [0.2, 0.25) is 5.91 Å². The lowest BCUT2D eigenvalue weighted by Crippen LogP contribution is -2.32. The average molecular weight is 343 g/mol. The molecule has 0 saturated carbocycles. The van der Waals surface area contributed by atoms with Crippen molar-refractivity contribution in [3.8, 4) is 5.75 Å². The average Bonchev–Trinajstić information content (AvgIpc) is 2.56. The van der Waals surface area contributed by atoms with E-state index in [0.717, 1.165) is 0 Å². The molecule has 0 aromatic heterocycles. The van der Waals surface area contributed by atoms with Gasteiger partial charge in [-0.05, 0) is 60.7 Å². The molecule has 0 bridgehead atoms. The number of ether oxygens (including phenoxy) is 1. The van der Waals surface area contributed by atoms with Crippen molar-refractivity contribution in [1.29, 1.82) is 0 Å². The Labute approximate surface area is 145 Å². The van der Waals surface area contributed by atoms with Gasteiger partial charge in [0.25, 0.3) is 5.91 Å². The van der Waals surface area contributed by atoms with Crippen molar-refractivity contribution in [1.82, 2.24) is 5.32 Å². The lowest BCUT2D eigenvalue weighted by atomic mass is 10.2. The molecule has 0 atom stereocenters. The second kappa shape index (κ2) is 8.07. The third-order valence-corrected chi connectivity index (χ3v) is 3.25. The van der Waals surface area contributed by atoms with Gasteiger partial charge in [0.15, 0.2) is 5.11 Å². The summed E-state index contributed by atoms with van der Waals surface area (Å²) in [7, 11) is 1.57. The molecule has 2 rings (SSSR count). The largest absolute Gasteiger partial charge is 0.497 e. The number of rotatable bonds is 4. The summed E-state index contributed by atoms with van der Waals surface area (Å²) < 4.78 is 5.06. The Bertz CT molecular complexity index is 743. The number of amides is 2. The summed E-state index contributed by atoms with van der Waals surface area (Å²) in [5, 5.41) is 8.36. The van der Waals surface area contributed by atoms with Gasteiger partial charge in [0.05, 0.1) is 7.11 Å². The summed E-state index contributed by atoms with van der Waals surface area (Å²) in [4.78, 5) is 23.1. The summed E-state index contributed by atoms with van der Waals surface area (Å²) in [6.45, 7) is 1.38. The summed E-state index contributed by atoms with van der Waals surface area (Å²) >= 11 is 4.98. The van der Waals surface area contributed by atoms with Gasteiger partial charge in [-0.3, -0.25) is 9.59 Å². The van der Waals surface area contributed by atoms with Crippen LogP contribution < -0.4 is 20.7 Å². The number of carbonyl (C=O) groups excluding carboxylic acids is 2. The van der Waals surface area contributed by atoms with Crippen LogP contribution >= 0.6 is 12.2 Å². The zero-order valence-electron chi connectivity index (χ0n) is 13.3. The van der Waals surface area contributed by atoms with Crippen molar-refractivity contribution >= 4 is 40.5 Å². The first-order valence-electron chi connectivity index (χ1n) is 7.12. The molecule has 0 fully saturated rings. The van der Waals surface area contributed by atoms with Crippen LogP contribution in [0.2, 0.25) is 0 Å². The van der Waals surface area contributed by atoms with Gasteiger partial charge in [-0.2, -0.15) is 0 Å². The smallest absolute Gasteiger partial charge is 0.255 e. The summed E-state index contributed by atoms with van der Waals surface area (Å²) in [6, 6.07) is 13.8. The number of benzene rings is 2. The van der Waals surface area contributed by atoms with Crippen molar-refractivity contribution in [2.24, 2.45) is 0 Å². The van der Waals surface area contributed by atoms with Gasteiger partial charge >= 0.3 is 0 Å². The normalized spacial score (nSPS) is 9.75. The Hall–Kier alpha value is -2.93. The van der Waals surface area contributed by atoms with Crippen molar-refractivity contribution in [3.05, 3.63) is 54.1 Å². The predicted molar refractivity (Wildman–Crippen MR) is 97.4 cm³/mol. The molecule has 7 heteroatoms. The lowest BCUT2D eigenvalue weighted by Gasteiger charge is -2.10. The second-order valence-corrected chi connectivity index (χ2v) is 5.30. The van der Waals surface area contributed by atoms with E-state index in [1.807, 2.05) is 0 Å². The molecule has 0 saturated heterocycles. The van der Waals surface area contributed by atoms with Crippen LogP contribution in [0.25, 0.3) is 0 Å². The summed E-state index contributed by atoms with van der Waals surface area (Å²) in [5.74, 6) is 0.236. The van der Waals surface area contributed by atoms with Crippen LogP contribution in [-0.2, 0) is 4.79 Å². The summed E-state index contributed by atoms with van der Waals surface area (Å²) in [6.07, 6.45) is 0. The van der Waals surface area contributed by atoms with Gasteiger partial charge in [0.1, 0.15) is 5.75 Å². The summed E-state index contributed by atoms with van der Waals surface area (Å²) in [5.41, 5.74) is 1.88. The zero-order valence-corrected chi connectivity index (χ0v) is 14.1. The van der Waals surface area contributed by atoms with Crippen LogP contribution in [0.1, 0.15) is 17.3 Å². The highest BCUT2D eigenvalue weighted by molar-refractivity contribution is 7.80. The minimum atomic E-state index is -0.240. The molecule has 2 aromatic carbocycles. The highest BCUT2D eigenvalue weighted by Gasteiger charge is 2.06. The van der Waals surface area contributed by atoms with Crippen molar-refractivity contribution in [3.63, 3.8) is 0 Å². The zero-order chi connectivity index (χ0) is 17.5. The first-order valence-corrected chi connectivity index (χ1v) is 7.53. The molecular formula is C17H17N3O3S. The maximum Gasteiger partial charge on any atom is 0.255 e. The van der Waals surface area contributed by atoms with Crippen LogP contribution in [-0.4, -0.2) is 24.0 Å². The van der Waals surface area contributed by atoms with Crippen molar-refractivity contribution in [2.75, 3.05) is 17.7 Å². The Morgan fingerprint density at radius 2 is 1.46 bits per heavy atom. The molecule has 0 aliphatic heterocycles. The highest BCUT2D eigenvalue weighted by atomic mass is 32.1. The van der Waals surface area contributed by atoms with Crippen LogP contribution in [0.15, 0.2) is 48.5 Å². The van der Waals surface area contributed by atoms with E-state index >= 15 is 0 Å². The third-order valence-electron chi connectivity index (χ3n) is 3.04. The number of methoxy groups -OCH3 is 1. The fraction of sp³-hybridized carbons (Fsp3) is 0.118. The molecule has 6 nitrogen and oxygen atoms in total. The van der Waals surface area contributed by atoms with Gasteiger partial charge in [-0.15, -0.1) is 0 Å². The standard InChI is InChI=1S/C17H17N3O3S/c1-11(21)18-17(24)20-14-7-5-13(6-8-14)19-16(22)12-3-9-15(23-2)10-4-12/h3-10H,1-2H3,(H,19,22)(H2,18,20,21,24). The van der Waals surface area contributed by atoms with Crippen LogP contribution in [0, 0.1) is 0 Å². The molecule has 24 heavy (non-hydrogen) atoms. The number of thiocarbonyl (C=S) groups is 1. The van der Waals surface area contributed by atoms with E-state index in [2.05, 4.69) is 16.0 Å². The molecule has 2 amide bonds. The van der Waals surface area contributed by atoms with Crippen LogP contribution in [0.5, 0.6) is 5.75 Å². The molecule has 0 radical (unpaired) electrons. The predicted octanol–water partition coefficient (Wildman–Crippen LogP) is 2.78. The maximum atomic E-state index is 12.2. The Balaban J connectivity index is 1.96. The first kappa shape index (κ1) is 17.4. The molecule has 2 aromatic rings. The number of hydrogen-bond acceptors (Lipinski definition) is 4. The van der Waals surface area contributed by atoms with Gasteiger partial charge in [-0.25, -0.2) is 0 Å². The van der Waals surface area contributed by atoms with Crippen LogP contribution in [0.4, 0.5) is 11.4 Å². The number of anilines is 2. The minimum absolute atomic E-state index is 0.216.